The van der Waals surface area contributed by atoms with E-state index in [2.05, 4.69) is 11.8 Å². The van der Waals surface area contributed by atoms with Crippen molar-refractivity contribution >= 4 is 17.3 Å². The predicted octanol–water partition coefficient (Wildman–Crippen LogP) is 3.07. The molecule has 88 valence electrons. The third-order valence-electron chi connectivity index (χ3n) is 3.38. The van der Waals surface area contributed by atoms with Gasteiger partial charge in [-0.05, 0) is 30.9 Å². The van der Waals surface area contributed by atoms with Gasteiger partial charge in [-0.2, -0.15) is 0 Å². The highest BCUT2D eigenvalue weighted by Gasteiger charge is 2.18. The summed E-state index contributed by atoms with van der Waals surface area (Å²) in [7, 11) is 0. The molecule has 0 atom stereocenters. The highest BCUT2D eigenvalue weighted by molar-refractivity contribution is 6.31. The molecule has 0 aromatic heterocycles. The molecule has 2 rings (SSSR count). The van der Waals surface area contributed by atoms with Crippen LogP contribution in [0.3, 0.4) is 0 Å². The summed E-state index contributed by atoms with van der Waals surface area (Å²) in [4.78, 5) is 2.33. The van der Waals surface area contributed by atoms with Crippen LogP contribution < -0.4 is 4.90 Å². The Morgan fingerprint density at radius 2 is 2.06 bits per heavy atom. The summed E-state index contributed by atoms with van der Waals surface area (Å²) in [6.07, 6.45) is 2.44. The molecular weight excluding hydrogens is 222 g/mol. The summed E-state index contributed by atoms with van der Waals surface area (Å²) in [5, 5.41) is 10.0. The van der Waals surface area contributed by atoms with Crippen LogP contribution in [0.15, 0.2) is 18.2 Å². The first-order chi connectivity index (χ1) is 7.72. The molecule has 0 saturated carbocycles. The van der Waals surface area contributed by atoms with Gasteiger partial charge in [-0.3, -0.25) is 0 Å². The predicted molar refractivity (Wildman–Crippen MR) is 68.0 cm³/mol. The Labute approximate surface area is 102 Å². The summed E-state index contributed by atoms with van der Waals surface area (Å²) in [6, 6.07) is 5.84. The van der Waals surface area contributed by atoms with Gasteiger partial charge in [0, 0.05) is 29.4 Å². The van der Waals surface area contributed by atoms with Gasteiger partial charge in [0.05, 0.1) is 6.61 Å². The third-order valence-corrected chi connectivity index (χ3v) is 3.73. The molecule has 3 heteroatoms. The van der Waals surface area contributed by atoms with Crippen LogP contribution in [0.5, 0.6) is 0 Å². The van der Waals surface area contributed by atoms with Gasteiger partial charge >= 0.3 is 0 Å². The molecular formula is C13H18ClNO. The highest BCUT2D eigenvalue weighted by atomic mass is 35.5. The molecule has 1 aliphatic rings. The lowest BCUT2D eigenvalue weighted by atomic mass is 9.98. The average Bonchev–Trinajstić information content (AvgIpc) is 2.30. The van der Waals surface area contributed by atoms with E-state index < -0.39 is 0 Å². The van der Waals surface area contributed by atoms with Crippen molar-refractivity contribution in [3.05, 3.63) is 28.8 Å². The number of aliphatic hydroxyl groups is 1. The number of anilines is 1. The maximum atomic E-state index is 9.37. The fourth-order valence-corrected chi connectivity index (χ4v) is 2.48. The molecule has 0 aliphatic carbocycles. The van der Waals surface area contributed by atoms with Gasteiger partial charge < -0.3 is 10.0 Å². The van der Waals surface area contributed by atoms with E-state index in [1.807, 2.05) is 18.2 Å². The molecule has 0 radical (unpaired) electrons. The van der Waals surface area contributed by atoms with Crippen molar-refractivity contribution in [3.8, 4) is 0 Å². The van der Waals surface area contributed by atoms with Crippen molar-refractivity contribution in [2.24, 2.45) is 5.92 Å². The molecule has 0 amide bonds. The molecule has 1 aliphatic heterocycles. The van der Waals surface area contributed by atoms with Gasteiger partial charge in [-0.25, -0.2) is 0 Å². The van der Waals surface area contributed by atoms with Crippen LogP contribution in [0.25, 0.3) is 0 Å². The van der Waals surface area contributed by atoms with Gasteiger partial charge in [0.25, 0.3) is 0 Å². The molecule has 1 aromatic carbocycles. The maximum Gasteiger partial charge on any atom is 0.0716 e. The molecule has 1 heterocycles. The lowest BCUT2D eigenvalue weighted by molar-refractivity contribution is 0.281. The van der Waals surface area contributed by atoms with Crippen LogP contribution >= 0.6 is 11.6 Å². The number of aliphatic hydroxyl groups excluding tert-OH is 1. The van der Waals surface area contributed by atoms with E-state index in [0.29, 0.717) is 5.02 Å². The van der Waals surface area contributed by atoms with Gasteiger partial charge in [0.2, 0.25) is 0 Å². The minimum Gasteiger partial charge on any atom is -0.392 e. The zero-order valence-corrected chi connectivity index (χ0v) is 10.4. The quantitative estimate of drug-likeness (QED) is 0.858. The Bertz CT molecular complexity index is 359. The van der Waals surface area contributed by atoms with Gasteiger partial charge in [-0.15, -0.1) is 0 Å². The normalized spacial score (nSPS) is 17.8. The van der Waals surface area contributed by atoms with Crippen LogP contribution in [0.2, 0.25) is 5.02 Å². The molecule has 1 saturated heterocycles. The summed E-state index contributed by atoms with van der Waals surface area (Å²) in [5.41, 5.74) is 1.96. The second-order valence-corrected chi connectivity index (χ2v) is 4.97. The summed E-state index contributed by atoms with van der Waals surface area (Å²) >= 11 is 6.09. The largest absolute Gasteiger partial charge is 0.392 e. The van der Waals surface area contributed by atoms with Crippen molar-refractivity contribution in [2.75, 3.05) is 18.0 Å². The Kier molecular flexibility index (Phi) is 3.72. The first-order valence-electron chi connectivity index (χ1n) is 5.85. The van der Waals surface area contributed by atoms with Gasteiger partial charge in [-0.1, -0.05) is 24.6 Å². The first-order valence-corrected chi connectivity index (χ1v) is 6.23. The second-order valence-electron chi connectivity index (χ2n) is 4.57. The number of halogens is 1. The topological polar surface area (TPSA) is 23.5 Å². The Morgan fingerprint density at radius 1 is 1.38 bits per heavy atom. The molecule has 0 bridgehead atoms. The smallest absolute Gasteiger partial charge is 0.0716 e. The first kappa shape index (κ1) is 11.7. The van der Waals surface area contributed by atoms with E-state index in [0.717, 1.165) is 30.3 Å². The minimum absolute atomic E-state index is 0.0149. The van der Waals surface area contributed by atoms with Crippen LogP contribution in [0, 0.1) is 5.92 Å². The Balaban J connectivity index is 2.23. The zero-order valence-electron chi connectivity index (χ0n) is 9.62. The van der Waals surface area contributed by atoms with Crippen LogP contribution in [0.4, 0.5) is 5.69 Å². The SMILES string of the molecule is CC1CCN(c2cccc(Cl)c2CO)CC1. The summed E-state index contributed by atoms with van der Waals surface area (Å²) in [5.74, 6) is 0.813. The van der Waals surface area contributed by atoms with E-state index in [1.165, 1.54) is 12.8 Å². The van der Waals surface area contributed by atoms with E-state index in [4.69, 9.17) is 11.6 Å². The number of benzene rings is 1. The summed E-state index contributed by atoms with van der Waals surface area (Å²) < 4.78 is 0. The fourth-order valence-electron chi connectivity index (χ4n) is 2.25. The highest BCUT2D eigenvalue weighted by Crippen LogP contribution is 2.30. The monoisotopic (exact) mass is 239 g/mol. The maximum absolute atomic E-state index is 9.37. The molecule has 0 unspecified atom stereocenters. The average molecular weight is 240 g/mol. The summed E-state index contributed by atoms with van der Waals surface area (Å²) in [6.45, 7) is 4.44. The van der Waals surface area contributed by atoms with Gasteiger partial charge in [0.1, 0.15) is 0 Å². The van der Waals surface area contributed by atoms with Crippen molar-refractivity contribution < 1.29 is 5.11 Å². The van der Waals surface area contributed by atoms with Crippen LogP contribution in [-0.4, -0.2) is 18.2 Å². The lowest BCUT2D eigenvalue weighted by Gasteiger charge is -2.33. The standard InChI is InChI=1S/C13H18ClNO/c1-10-5-7-15(8-6-10)13-4-2-3-12(14)11(13)9-16/h2-4,10,16H,5-9H2,1H3. The third kappa shape index (κ3) is 2.33. The number of nitrogens with zero attached hydrogens (tertiary/aromatic N) is 1. The molecule has 1 aromatic rings. The van der Waals surface area contributed by atoms with E-state index in [1.54, 1.807) is 0 Å². The van der Waals surface area contributed by atoms with Crippen molar-refractivity contribution in [1.29, 1.82) is 0 Å². The number of rotatable bonds is 2. The Morgan fingerprint density at radius 3 is 2.69 bits per heavy atom. The van der Waals surface area contributed by atoms with Crippen molar-refractivity contribution in [1.82, 2.24) is 0 Å². The Hall–Kier alpha value is -0.730. The lowest BCUT2D eigenvalue weighted by Crippen LogP contribution is -2.33. The number of hydrogen-bond acceptors (Lipinski definition) is 2. The minimum atomic E-state index is 0.0149. The van der Waals surface area contributed by atoms with E-state index in [-0.39, 0.29) is 6.61 Å². The van der Waals surface area contributed by atoms with E-state index >= 15 is 0 Å². The second kappa shape index (κ2) is 5.07. The number of hydrogen-bond donors (Lipinski definition) is 1. The van der Waals surface area contributed by atoms with E-state index in [9.17, 15) is 5.11 Å². The van der Waals surface area contributed by atoms with Crippen molar-refractivity contribution in [2.45, 2.75) is 26.4 Å². The fraction of sp³-hybridized carbons (Fsp3) is 0.538. The molecule has 16 heavy (non-hydrogen) atoms. The number of piperidine rings is 1. The van der Waals surface area contributed by atoms with Gasteiger partial charge in [0.15, 0.2) is 0 Å². The van der Waals surface area contributed by atoms with Crippen molar-refractivity contribution in [3.63, 3.8) is 0 Å². The molecule has 1 N–H and O–H groups in total. The zero-order chi connectivity index (χ0) is 11.5. The van der Waals surface area contributed by atoms with Crippen LogP contribution in [-0.2, 0) is 6.61 Å². The molecule has 1 fully saturated rings. The molecule has 0 spiro atoms. The molecule has 2 nitrogen and oxygen atoms in total. The van der Waals surface area contributed by atoms with Crippen LogP contribution in [0.1, 0.15) is 25.3 Å².